The van der Waals surface area contributed by atoms with Gasteiger partial charge in [0.1, 0.15) is 17.5 Å². The zero-order valence-electron chi connectivity index (χ0n) is 17.4. The van der Waals surface area contributed by atoms with Gasteiger partial charge >= 0.3 is 12.1 Å². The first-order valence-electron chi connectivity index (χ1n) is 9.90. The number of carboxylic acids is 1. The minimum atomic E-state index is -1.02. The Morgan fingerprint density at radius 1 is 1.22 bits per heavy atom. The first-order chi connectivity index (χ1) is 15.4. The SMILES string of the molecule is Cc1noc(C#Cc2ccc3c(c2)COC3C(=O)O)c1NC(=O)OC(C)c1ccccc1. The Morgan fingerprint density at radius 3 is 2.75 bits per heavy atom. The zero-order valence-corrected chi connectivity index (χ0v) is 17.4. The molecule has 2 heterocycles. The number of ether oxygens (including phenoxy) is 2. The van der Waals surface area contributed by atoms with Crippen LogP contribution in [0.15, 0.2) is 53.1 Å². The minimum absolute atomic E-state index is 0.187. The first-order valence-corrected chi connectivity index (χ1v) is 9.90. The van der Waals surface area contributed by atoms with E-state index in [4.69, 9.17) is 14.0 Å². The Hall–Kier alpha value is -4.09. The maximum absolute atomic E-state index is 12.4. The van der Waals surface area contributed by atoms with Gasteiger partial charge in [-0.3, -0.25) is 5.32 Å². The third-order valence-electron chi connectivity index (χ3n) is 5.02. The molecule has 1 aromatic heterocycles. The summed E-state index contributed by atoms with van der Waals surface area (Å²) in [6, 6.07) is 14.6. The van der Waals surface area contributed by atoms with Crippen molar-refractivity contribution in [2.24, 2.45) is 0 Å². The van der Waals surface area contributed by atoms with Gasteiger partial charge in [0, 0.05) is 5.56 Å². The van der Waals surface area contributed by atoms with Gasteiger partial charge in [-0.2, -0.15) is 0 Å². The number of aliphatic carboxylic acids is 1. The van der Waals surface area contributed by atoms with Crippen molar-refractivity contribution in [3.05, 3.63) is 82.2 Å². The number of benzene rings is 2. The van der Waals surface area contributed by atoms with E-state index in [0.717, 1.165) is 11.1 Å². The lowest BCUT2D eigenvalue weighted by molar-refractivity contribution is -0.149. The van der Waals surface area contributed by atoms with Gasteiger partial charge in [0.15, 0.2) is 6.10 Å². The molecule has 3 aromatic rings. The number of anilines is 1. The highest BCUT2D eigenvalue weighted by Gasteiger charge is 2.29. The van der Waals surface area contributed by atoms with Crippen LogP contribution >= 0.6 is 0 Å². The number of amides is 1. The summed E-state index contributed by atoms with van der Waals surface area (Å²) < 4.78 is 16.0. The highest BCUT2D eigenvalue weighted by molar-refractivity contribution is 5.87. The number of carboxylic acid groups (broad SMARTS) is 1. The third-order valence-corrected chi connectivity index (χ3v) is 5.02. The van der Waals surface area contributed by atoms with E-state index in [0.29, 0.717) is 22.5 Å². The summed E-state index contributed by atoms with van der Waals surface area (Å²) in [6.45, 7) is 3.67. The summed E-state index contributed by atoms with van der Waals surface area (Å²) in [7, 11) is 0. The second kappa shape index (κ2) is 8.96. The lowest BCUT2D eigenvalue weighted by Gasteiger charge is -2.13. The average Bonchev–Trinajstić information content (AvgIpc) is 3.36. The average molecular weight is 432 g/mol. The number of carbonyl (C=O) groups is 2. The second-order valence-corrected chi connectivity index (χ2v) is 7.25. The van der Waals surface area contributed by atoms with Crippen LogP contribution in [0.25, 0.3) is 0 Å². The molecule has 2 N–H and O–H groups in total. The maximum Gasteiger partial charge on any atom is 0.412 e. The fourth-order valence-corrected chi connectivity index (χ4v) is 3.35. The molecule has 2 atom stereocenters. The van der Waals surface area contributed by atoms with Crippen molar-refractivity contribution in [3.8, 4) is 11.8 Å². The van der Waals surface area contributed by atoms with E-state index in [1.807, 2.05) is 30.3 Å². The number of aromatic nitrogens is 1. The van der Waals surface area contributed by atoms with Crippen molar-refractivity contribution in [2.45, 2.75) is 32.7 Å². The summed E-state index contributed by atoms with van der Waals surface area (Å²) in [5.41, 5.74) is 3.71. The summed E-state index contributed by atoms with van der Waals surface area (Å²) in [5, 5.41) is 15.7. The Kier molecular flexibility index (Phi) is 5.92. The summed E-state index contributed by atoms with van der Waals surface area (Å²) in [5.74, 6) is 4.97. The van der Waals surface area contributed by atoms with Gasteiger partial charge in [0.25, 0.3) is 0 Å². The molecule has 2 aromatic carbocycles. The van der Waals surface area contributed by atoms with E-state index in [-0.39, 0.29) is 12.4 Å². The van der Waals surface area contributed by atoms with E-state index < -0.39 is 24.3 Å². The number of nitrogens with zero attached hydrogens (tertiary/aromatic N) is 1. The third kappa shape index (κ3) is 4.48. The topological polar surface area (TPSA) is 111 Å². The molecule has 0 saturated carbocycles. The van der Waals surface area contributed by atoms with Crippen LogP contribution in [0.5, 0.6) is 0 Å². The smallest absolute Gasteiger partial charge is 0.412 e. The summed E-state index contributed by atoms with van der Waals surface area (Å²) >= 11 is 0. The standard InChI is InChI=1S/C24H20N2O6/c1-14-21(25-24(29)31-15(2)17-6-4-3-5-7-17)20(32-26-14)11-9-16-8-10-19-18(12-16)13-30-22(19)23(27)28/h3-8,10,12,15,22H,13H2,1-2H3,(H,25,29)(H,27,28). The number of hydrogen-bond donors (Lipinski definition) is 2. The van der Waals surface area contributed by atoms with Crippen molar-refractivity contribution in [3.63, 3.8) is 0 Å². The molecule has 32 heavy (non-hydrogen) atoms. The largest absolute Gasteiger partial charge is 0.479 e. The molecule has 2 unspecified atom stereocenters. The molecular formula is C24H20N2O6. The van der Waals surface area contributed by atoms with Crippen LogP contribution in [0, 0.1) is 18.8 Å². The molecule has 4 rings (SSSR count). The molecule has 1 aliphatic heterocycles. The van der Waals surface area contributed by atoms with Gasteiger partial charge in [-0.05, 0) is 48.6 Å². The van der Waals surface area contributed by atoms with Crippen LogP contribution in [0.4, 0.5) is 10.5 Å². The van der Waals surface area contributed by atoms with Crippen LogP contribution in [0.1, 0.15) is 52.8 Å². The van der Waals surface area contributed by atoms with Crippen molar-refractivity contribution < 1.29 is 28.7 Å². The molecule has 0 radical (unpaired) electrons. The first kappa shape index (κ1) is 21.2. The van der Waals surface area contributed by atoms with Crippen LogP contribution in [0.3, 0.4) is 0 Å². The molecule has 0 bridgehead atoms. The number of carbonyl (C=O) groups excluding carboxylic acids is 1. The van der Waals surface area contributed by atoms with Gasteiger partial charge < -0.3 is 19.1 Å². The normalized spacial score (nSPS) is 15.2. The fraction of sp³-hybridized carbons (Fsp3) is 0.208. The molecule has 0 saturated heterocycles. The van der Waals surface area contributed by atoms with Gasteiger partial charge in [0.2, 0.25) is 5.76 Å². The fourth-order valence-electron chi connectivity index (χ4n) is 3.35. The Balaban J connectivity index is 1.48. The van der Waals surface area contributed by atoms with Crippen LogP contribution < -0.4 is 5.32 Å². The molecule has 1 amide bonds. The van der Waals surface area contributed by atoms with Crippen molar-refractivity contribution in [1.29, 1.82) is 0 Å². The lowest BCUT2D eigenvalue weighted by Crippen LogP contribution is -2.16. The Bertz CT molecular complexity index is 1220. The van der Waals surface area contributed by atoms with Gasteiger partial charge in [-0.15, -0.1) is 0 Å². The number of nitrogens with one attached hydrogen (secondary N) is 1. The highest BCUT2D eigenvalue weighted by atomic mass is 16.6. The van der Waals surface area contributed by atoms with E-state index in [1.54, 1.807) is 32.0 Å². The maximum atomic E-state index is 12.4. The van der Waals surface area contributed by atoms with Crippen molar-refractivity contribution in [1.82, 2.24) is 5.16 Å². The van der Waals surface area contributed by atoms with Crippen LogP contribution in [-0.2, 0) is 20.9 Å². The number of fused-ring (bicyclic) bond motifs is 1. The lowest BCUT2D eigenvalue weighted by atomic mass is 10.0. The van der Waals surface area contributed by atoms with E-state index in [2.05, 4.69) is 22.3 Å². The molecule has 0 spiro atoms. The number of hydrogen-bond acceptors (Lipinski definition) is 6. The minimum Gasteiger partial charge on any atom is -0.479 e. The quantitative estimate of drug-likeness (QED) is 0.590. The Labute approximate surface area is 184 Å². The molecular weight excluding hydrogens is 412 g/mol. The molecule has 8 heteroatoms. The monoisotopic (exact) mass is 432 g/mol. The van der Waals surface area contributed by atoms with Gasteiger partial charge in [-0.1, -0.05) is 47.5 Å². The van der Waals surface area contributed by atoms with E-state index in [1.165, 1.54) is 0 Å². The molecule has 0 fully saturated rings. The molecule has 1 aliphatic rings. The van der Waals surface area contributed by atoms with Crippen LogP contribution in [0.2, 0.25) is 0 Å². The van der Waals surface area contributed by atoms with Gasteiger partial charge in [-0.25, -0.2) is 9.59 Å². The zero-order chi connectivity index (χ0) is 22.7. The molecule has 0 aliphatic carbocycles. The Morgan fingerprint density at radius 2 is 2.00 bits per heavy atom. The van der Waals surface area contributed by atoms with Crippen LogP contribution in [-0.4, -0.2) is 22.3 Å². The second-order valence-electron chi connectivity index (χ2n) is 7.25. The van der Waals surface area contributed by atoms with Gasteiger partial charge in [0.05, 0.1) is 6.61 Å². The molecule has 162 valence electrons. The number of aryl methyl sites for hydroxylation is 1. The summed E-state index contributed by atoms with van der Waals surface area (Å²) in [4.78, 5) is 23.6. The van der Waals surface area contributed by atoms with E-state index in [9.17, 15) is 14.7 Å². The summed E-state index contributed by atoms with van der Waals surface area (Å²) in [6.07, 6.45) is -2.04. The molecule has 8 nitrogen and oxygen atoms in total. The highest BCUT2D eigenvalue weighted by Crippen LogP contribution is 2.31. The predicted molar refractivity (Wildman–Crippen MR) is 114 cm³/mol. The van der Waals surface area contributed by atoms with E-state index >= 15 is 0 Å². The number of rotatable bonds is 4. The predicted octanol–water partition coefficient (Wildman–Crippen LogP) is 4.35. The van der Waals surface area contributed by atoms with Crippen molar-refractivity contribution in [2.75, 3.05) is 5.32 Å². The van der Waals surface area contributed by atoms with Crippen molar-refractivity contribution >= 4 is 17.7 Å².